The van der Waals surface area contributed by atoms with E-state index in [1.54, 1.807) is 6.07 Å². The molecule has 8 heteroatoms. The van der Waals surface area contributed by atoms with Crippen LogP contribution in [0.5, 0.6) is 5.75 Å². The van der Waals surface area contributed by atoms with E-state index in [9.17, 15) is 5.11 Å². The molecule has 1 aliphatic heterocycles. The molecule has 1 fully saturated rings. The summed E-state index contributed by atoms with van der Waals surface area (Å²) in [6.07, 6.45) is 4.17. The van der Waals surface area contributed by atoms with Crippen LogP contribution < -0.4 is 10.8 Å². The number of para-hydroxylation sites is 1. The highest BCUT2D eigenvalue weighted by atomic mass is 35.5. The summed E-state index contributed by atoms with van der Waals surface area (Å²) in [4.78, 5) is 7.26. The standard InChI is InChI=1S/C25H27BClN5O/c26-20-14-29-32-24(12-22(30-25(20)32)19-8-2-3-9-21(19)27)28-13-17-6-5-11-31(15-17)16-18-7-1-4-10-23(18)33/h1-4,7-10,12,14,17,28,33H,5-6,11,13,15-16,26H2. The van der Waals surface area contributed by atoms with Crippen LogP contribution in [0.15, 0.2) is 60.8 Å². The van der Waals surface area contributed by atoms with Crippen LogP contribution in [0.2, 0.25) is 5.02 Å². The van der Waals surface area contributed by atoms with E-state index in [1.165, 1.54) is 6.42 Å². The van der Waals surface area contributed by atoms with Crippen molar-refractivity contribution in [3.05, 3.63) is 71.4 Å². The van der Waals surface area contributed by atoms with Crippen LogP contribution in [0.3, 0.4) is 0 Å². The van der Waals surface area contributed by atoms with Crippen molar-refractivity contribution in [1.82, 2.24) is 19.5 Å². The number of fused-ring (bicyclic) bond motifs is 1. The van der Waals surface area contributed by atoms with Crippen molar-refractivity contribution in [3.63, 3.8) is 0 Å². The predicted molar refractivity (Wildman–Crippen MR) is 136 cm³/mol. The number of phenols is 1. The van der Waals surface area contributed by atoms with Gasteiger partial charge in [0.15, 0.2) is 5.65 Å². The fourth-order valence-electron chi connectivity index (χ4n) is 4.60. The van der Waals surface area contributed by atoms with Gasteiger partial charge in [0.25, 0.3) is 0 Å². The van der Waals surface area contributed by atoms with Gasteiger partial charge in [-0.1, -0.05) is 48.0 Å². The lowest BCUT2D eigenvalue weighted by Gasteiger charge is -2.33. The second-order valence-corrected chi connectivity index (χ2v) is 9.23. The number of likely N-dealkylation sites (tertiary alicyclic amines) is 1. The molecule has 0 bridgehead atoms. The highest BCUT2D eigenvalue weighted by molar-refractivity contribution is 6.36. The summed E-state index contributed by atoms with van der Waals surface area (Å²) < 4.78 is 1.87. The zero-order valence-corrected chi connectivity index (χ0v) is 19.5. The fourth-order valence-corrected chi connectivity index (χ4v) is 4.83. The molecule has 168 valence electrons. The zero-order valence-electron chi connectivity index (χ0n) is 18.7. The van der Waals surface area contributed by atoms with Crippen molar-refractivity contribution in [2.75, 3.05) is 25.0 Å². The van der Waals surface area contributed by atoms with Crippen molar-refractivity contribution in [2.45, 2.75) is 19.4 Å². The first-order chi connectivity index (χ1) is 16.1. The lowest BCUT2D eigenvalue weighted by atomic mass is 9.97. The van der Waals surface area contributed by atoms with E-state index in [-0.39, 0.29) is 0 Å². The molecule has 2 N–H and O–H groups in total. The number of hydrogen-bond acceptors (Lipinski definition) is 5. The van der Waals surface area contributed by atoms with Crippen molar-refractivity contribution in [2.24, 2.45) is 5.92 Å². The maximum atomic E-state index is 10.1. The number of piperidine rings is 1. The molecular formula is C25H27BClN5O. The number of benzene rings is 2. The molecule has 0 spiro atoms. The number of aromatic hydroxyl groups is 1. The molecule has 33 heavy (non-hydrogen) atoms. The Balaban J connectivity index is 1.34. The third-order valence-corrected chi connectivity index (χ3v) is 6.69. The van der Waals surface area contributed by atoms with Crippen LogP contribution in [0, 0.1) is 5.92 Å². The number of aromatic nitrogens is 3. The smallest absolute Gasteiger partial charge is 0.151 e. The summed E-state index contributed by atoms with van der Waals surface area (Å²) in [6, 6.07) is 17.4. The summed E-state index contributed by atoms with van der Waals surface area (Å²) in [7, 11) is 2.02. The molecule has 0 amide bonds. The quantitative estimate of drug-likeness (QED) is 0.433. The first-order valence-electron chi connectivity index (χ1n) is 11.4. The average Bonchev–Trinajstić information content (AvgIpc) is 3.20. The van der Waals surface area contributed by atoms with Crippen molar-refractivity contribution in [3.8, 4) is 17.0 Å². The van der Waals surface area contributed by atoms with Gasteiger partial charge in [0.1, 0.15) is 19.4 Å². The van der Waals surface area contributed by atoms with Crippen LogP contribution in [0.25, 0.3) is 16.9 Å². The second-order valence-electron chi connectivity index (χ2n) is 8.82. The van der Waals surface area contributed by atoms with E-state index in [0.29, 0.717) is 16.7 Å². The van der Waals surface area contributed by atoms with Gasteiger partial charge in [0.2, 0.25) is 0 Å². The Kier molecular flexibility index (Phi) is 6.25. The predicted octanol–water partition coefficient (Wildman–Crippen LogP) is 3.34. The first kappa shape index (κ1) is 21.8. The van der Waals surface area contributed by atoms with Gasteiger partial charge in [-0.25, -0.2) is 4.98 Å². The van der Waals surface area contributed by atoms with E-state index in [1.807, 2.05) is 67.1 Å². The van der Waals surface area contributed by atoms with Gasteiger partial charge in [-0.15, -0.1) is 0 Å². The summed E-state index contributed by atoms with van der Waals surface area (Å²) in [6.45, 7) is 3.67. The molecule has 0 radical (unpaired) electrons. The molecule has 3 heterocycles. The molecule has 2 aromatic carbocycles. The van der Waals surface area contributed by atoms with Crippen molar-refractivity contribution < 1.29 is 5.11 Å². The molecular weight excluding hydrogens is 433 g/mol. The molecule has 1 atom stereocenters. The Labute approximate surface area is 199 Å². The SMILES string of the molecule is Bc1cnn2c(NCC3CCCN(Cc4ccccc4O)C3)cc(-c3ccccc3Cl)nc12. The molecule has 6 nitrogen and oxygen atoms in total. The topological polar surface area (TPSA) is 65.7 Å². The third-order valence-electron chi connectivity index (χ3n) is 6.36. The van der Waals surface area contributed by atoms with Crippen LogP contribution in [0.4, 0.5) is 5.82 Å². The summed E-state index contributed by atoms with van der Waals surface area (Å²) in [5.74, 6) is 1.80. The van der Waals surface area contributed by atoms with E-state index in [0.717, 1.165) is 66.3 Å². The van der Waals surface area contributed by atoms with E-state index >= 15 is 0 Å². The van der Waals surface area contributed by atoms with Gasteiger partial charge in [0.05, 0.1) is 5.69 Å². The van der Waals surface area contributed by atoms with Crippen molar-refractivity contribution >= 4 is 36.4 Å². The first-order valence-corrected chi connectivity index (χ1v) is 11.8. The minimum atomic E-state index is 0.373. The maximum Gasteiger partial charge on any atom is 0.151 e. The Bertz CT molecular complexity index is 1280. The number of phenolic OH excluding ortho intramolecular Hbond substituents is 1. The normalized spacial score (nSPS) is 16.8. The lowest BCUT2D eigenvalue weighted by molar-refractivity contribution is 0.171. The molecule has 1 aliphatic rings. The lowest BCUT2D eigenvalue weighted by Crippen LogP contribution is -2.37. The summed E-state index contributed by atoms with van der Waals surface area (Å²) in [5, 5.41) is 19.0. The number of hydrogen-bond donors (Lipinski definition) is 2. The molecule has 0 saturated carbocycles. The van der Waals surface area contributed by atoms with Crippen molar-refractivity contribution in [1.29, 1.82) is 0 Å². The van der Waals surface area contributed by atoms with E-state index in [2.05, 4.69) is 15.3 Å². The Morgan fingerprint density at radius 2 is 1.97 bits per heavy atom. The second kappa shape index (κ2) is 9.45. The molecule has 1 unspecified atom stereocenters. The average molecular weight is 460 g/mol. The summed E-state index contributed by atoms with van der Waals surface area (Å²) >= 11 is 6.46. The number of nitrogens with zero attached hydrogens (tertiary/aromatic N) is 4. The minimum Gasteiger partial charge on any atom is -0.508 e. The number of rotatable bonds is 6. The molecule has 0 aliphatic carbocycles. The van der Waals surface area contributed by atoms with Gasteiger partial charge < -0.3 is 10.4 Å². The maximum absolute atomic E-state index is 10.1. The molecule has 2 aromatic heterocycles. The van der Waals surface area contributed by atoms with Crippen LogP contribution in [-0.2, 0) is 6.54 Å². The molecule has 1 saturated heterocycles. The van der Waals surface area contributed by atoms with Gasteiger partial charge in [-0.05, 0) is 42.9 Å². The minimum absolute atomic E-state index is 0.373. The highest BCUT2D eigenvalue weighted by Gasteiger charge is 2.21. The number of nitrogens with one attached hydrogen (secondary N) is 1. The Morgan fingerprint density at radius 3 is 2.82 bits per heavy atom. The third kappa shape index (κ3) is 4.70. The van der Waals surface area contributed by atoms with Crippen LogP contribution in [0.1, 0.15) is 18.4 Å². The van der Waals surface area contributed by atoms with Crippen LogP contribution >= 0.6 is 11.6 Å². The monoisotopic (exact) mass is 459 g/mol. The Hall–Kier alpha value is -3.03. The zero-order chi connectivity index (χ0) is 22.8. The number of anilines is 1. The van der Waals surface area contributed by atoms with E-state index in [4.69, 9.17) is 16.6 Å². The Morgan fingerprint density at radius 1 is 1.15 bits per heavy atom. The fraction of sp³-hybridized carbons (Fsp3) is 0.280. The molecule has 5 rings (SSSR count). The van der Waals surface area contributed by atoms with Gasteiger partial charge in [-0.3, -0.25) is 4.90 Å². The number of halogens is 1. The van der Waals surface area contributed by atoms with Gasteiger partial charge in [-0.2, -0.15) is 9.61 Å². The van der Waals surface area contributed by atoms with Gasteiger partial charge in [0, 0.05) is 48.0 Å². The highest BCUT2D eigenvalue weighted by Crippen LogP contribution is 2.29. The van der Waals surface area contributed by atoms with Gasteiger partial charge >= 0.3 is 0 Å². The van der Waals surface area contributed by atoms with Crippen LogP contribution in [-0.4, -0.2) is 52.1 Å². The summed E-state index contributed by atoms with van der Waals surface area (Å²) in [5.41, 5.74) is 4.59. The van der Waals surface area contributed by atoms with E-state index < -0.39 is 0 Å². The molecule has 4 aromatic rings. The largest absolute Gasteiger partial charge is 0.508 e.